The Morgan fingerprint density at radius 3 is 1.74 bits per heavy atom. The quantitative estimate of drug-likeness (QED) is 0.174. The van der Waals surface area contributed by atoms with Gasteiger partial charge >= 0.3 is 0 Å². The second-order valence-electron chi connectivity index (χ2n) is 13.0. The largest absolute Gasteiger partial charge is 0.255 e. The van der Waals surface area contributed by atoms with E-state index in [4.69, 9.17) is 9.97 Å². The lowest BCUT2D eigenvalue weighted by Gasteiger charge is -2.11. The first kappa shape index (κ1) is 31.0. The number of aromatic nitrogens is 4. The van der Waals surface area contributed by atoms with E-state index in [2.05, 4.69) is 143 Å². The van der Waals surface area contributed by atoms with Gasteiger partial charge in [0.1, 0.15) is 0 Å². The van der Waals surface area contributed by atoms with Gasteiger partial charge in [0.2, 0.25) is 0 Å². The fourth-order valence-electron chi connectivity index (χ4n) is 7.23. The Balaban J connectivity index is 1.19. The third kappa shape index (κ3) is 5.64. The van der Waals surface area contributed by atoms with E-state index < -0.39 is 0 Å². The number of pyridine rings is 4. The lowest BCUT2D eigenvalue weighted by molar-refractivity contribution is 1.22. The minimum atomic E-state index is 0.809. The molecule has 0 radical (unpaired) electrons. The third-order valence-electron chi connectivity index (χ3n) is 9.77. The summed E-state index contributed by atoms with van der Waals surface area (Å²) in [4.78, 5) is 20.7. The molecule has 0 aliphatic rings. The molecule has 0 unspecified atom stereocenters. The molecule has 0 saturated carbocycles. The number of hydrogen-bond donors (Lipinski definition) is 0. The molecule has 0 N–H and O–H groups in total. The summed E-state index contributed by atoms with van der Waals surface area (Å²) < 4.78 is 1.19. The summed E-state index contributed by atoms with van der Waals surface area (Å²) in [7, 11) is 0. The molecule has 0 fully saturated rings. The molecule has 5 heterocycles. The summed E-state index contributed by atoms with van der Waals surface area (Å²) >= 11 is 1.83. The first-order valence-corrected chi connectivity index (χ1v) is 18.4. The minimum absolute atomic E-state index is 0.809. The van der Waals surface area contributed by atoms with Crippen LogP contribution in [0.2, 0.25) is 0 Å². The van der Waals surface area contributed by atoms with Crippen molar-refractivity contribution in [2.75, 3.05) is 0 Å². The van der Waals surface area contributed by atoms with Crippen molar-refractivity contribution in [3.05, 3.63) is 182 Å². The molecule has 5 aromatic carbocycles. The number of benzene rings is 5. The van der Waals surface area contributed by atoms with Gasteiger partial charge in [-0.1, -0.05) is 121 Å². The van der Waals surface area contributed by atoms with Gasteiger partial charge in [-0.2, -0.15) is 0 Å². The normalized spacial score (nSPS) is 11.4. The summed E-state index contributed by atoms with van der Waals surface area (Å²) in [5, 5.41) is 4.84. The molecule has 4 nitrogen and oxygen atoms in total. The van der Waals surface area contributed by atoms with E-state index >= 15 is 0 Å². The fourth-order valence-corrected chi connectivity index (χ4v) is 8.58. The van der Waals surface area contributed by atoms with E-state index in [0.29, 0.717) is 0 Å². The van der Waals surface area contributed by atoms with Crippen LogP contribution in [0.25, 0.3) is 98.5 Å². The van der Waals surface area contributed by atoms with Crippen LogP contribution in [0.1, 0.15) is 0 Å². The standard InChI is InChI=1S/C48H30N4S/c1-2-13-33(14-3-1)46-48-45(38-16-6-7-17-39(38)52-46)44(36-25-22-31-12-4-5-15-35(31)28-36)47(53-48)34-23-20-32(21-24-34)37-29-42(40-18-8-10-26-49-40)51-43(30-37)41-19-9-11-27-50-41/h1-30H. The third-order valence-corrected chi connectivity index (χ3v) is 11.0. The van der Waals surface area contributed by atoms with E-state index in [1.165, 1.54) is 36.9 Å². The Bertz CT molecular complexity index is 2860. The molecule has 53 heavy (non-hydrogen) atoms. The number of rotatable bonds is 6. The molecule has 248 valence electrons. The zero-order valence-corrected chi connectivity index (χ0v) is 29.3. The van der Waals surface area contributed by atoms with Crippen molar-refractivity contribution in [1.29, 1.82) is 0 Å². The van der Waals surface area contributed by atoms with Gasteiger partial charge in [-0.05, 0) is 81.6 Å². The summed E-state index contributed by atoms with van der Waals surface area (Å²) in [6.07, 6.45) is 3.61. The first-order valence-electron chi connectivity index (χ1n) is 17.6. The average Bonchev–Trinajstić information content (AvgIpc) is 3.65. The molecule has 10 rings (SSSR count). The van der Waals surface area contributed by atoms with Crippen LogP contribution >= 0.6 is 11.3 Å². The number of hydrogen-bond acceptors (Lipinski definition) is 5. The molecule has 0 amide bonds. The van der Waals surface area contributed by atoms with Gasteiger partial charge in [0.15, 0.2) is 0 Å². The van der Waals surface area contributed by atoms with E-state index in [9.17, 15) is 0 Å². The summed E-state index contributed by atoms with van der Waals surface area (Å²) in [6.45, 7) is 0. The van der Waals surface area contributed by atoms with Gasteiger partial charge in [0.05, 0.1) is 38.7 Å². The number of nitrogens with zero attached hydrogens (tertiary/aromatic N) is 4. The van der Waals surface area contributed by atoms with E-state index in [1.54, 1.807) is 12.4 Å². The second-order valence-corrected chi connectivity index (χ2v) is 14.1. The van der Waals surface area contributed by atoms with Crippen molar-refractivity contribution in [3.8, 4) is 66.7 Å². The van der Waals surface area contributed by atoms with Gasteiger partial charge in [0, 0.05) is 39.2 Å². The van der Waals surface area contributed by atoms with Gasteiger partial charge in [0.25, 0.3) is 0 Å². The van der Waals surface area contributed by atoms with Crippen LogP contribution in [0.15, 0.2) is 182 Å². The van der Waals surface area contributed by atoms with E-state index in [-0.39, 0.29) is 0 Å². The SMILES string of the molecule is c1ccc(-c2nc3ccccc3c3c(-c4ccc5ccccc5c4)c(-c4ccc(-c5cc(-c6ccccn6)nc(-c6ccccn6)c5)cc4)sc23)cc1. The van der Waals surface area contributed by atoms with Gasteiger partial charge < -0.3 is 0 Å². The number of thiophene rings is 1. The van der Waals surface area contributed by atoms with Gasteiger partial charge in [-0.3, -0.25) is 9.97 Å². The molecule has 0 atom stereocenters. The topological polar surface area (TPSA) is 51.6 Å². The maximum atomic E-state index is 5.28. The molecular weight excluding hydrogens is 665 g/mol. The number of para-hydroxylation sites is 1. The van der Waals surface area contributed by atoms with Gasteiger partial charge in [-0.25, -0.2) is 9.97 Å². The van der Waals surface area contributed by atoms with Crippen molar-refractivity contribution >= 4 is 43.1 Å². The molecule has 5 aromatic heterocycles. The lowest BCUT2D eigenvalue weighted by atomic mass is 9.93. The predicted molar refractivity (Wildman–Crippen MR) is 221 cm³/mol. The fraction of sp³-hybridized carbons (Fsp3) is 0. The highest BCUT2D eigenvalue weighted by molar-refractivity contribution is 7.23. The summed E-state index contributed by atoms with van der Waals surface area (Å²) in [6, 6.07) is 59.5. The van der Waals surface area contributed by atoms with Crippen molar-refractivity contribution in [3.63, 3.8) is 0 Å². The Morgan fingerprint density at radius 1 is 0.396 bits per heavy atom. The monoisotopic (exact) mass is 694 g/mol. The van der Waals surface area contributed by atoms with E-state index in [0.717, 1.165) is 61.6 Å². The van der Waals surface area contributed by atoms with Gasteiger partial charge in [-0.15, -0.1) is 11.3 Å². The highest BCUT2D eigenvalue weighted by Gasteiger charge is 2.22. The first-order chi connectivity index (χ1) is 26.3. The smallest absolute Gasteiger partial charge is 0.0900 e. The van der Waals surface area contributed by atoms with Crippen molar-refractivity contribution in [2.45, 2.75) is 0 Å². The summed E-state index contributed by atoms with van der Waals surface area (Å²) in [5.41, 5.74) is 12.1. The number of fused-ring (bicyclic) bond motifs is 4. The highest BCUT2D eigenvalue weighted by atomic mass is 32.1. The molecule has 0 saturated heterocycles. The van der Waals surface area contributed by atoms with Crippen LogP contribution in [-0.2, 0) is 0 Å². The predicted octanol–water partition coefficient (Wildman–Crippen LogP) is 12.8. The molecule has 0 spiro atoms. The van der Waals surface area contributed by atoms with Crippen molar-refractivity contribution in [1.82, 2.24) is 19.9 Å². The maximum absolute atomic E-state index is 5.28. The zero-order valence-electron chi connectivity index (χ0n) is 28.5. The Hall–Kier alpha value is -6.82. The molecule has 0 aliphatic heterocycles. The minimum Gasteiger partial charge on any atom is -0.255 e. The van der Waals surface area contributed by atoms with Crippen LogP contribution in [0.3, 0.4) is 0 Å². The average molecular weight is 695 g/mol. The van der Waals surface area contributed by atoms with Crippen LogP contribution in [-0.4, -0.2) is 19.9 Å². The maximum Gasteiger partial charge on any atom is 0.0900 e. The van der Waals surface area contributed by atoms with Crippen molar-refractivity contribution in [2.24, 2.45) is 0 Å². The van der Waals surface area contributed by atoms with Crippen LogP contribution in [0.5, 0.6) is 0 Å². The zero-order chi connectivity index (χ0) is 35.1. The Morgan fingerprint density at radius 2 is 1.02 bits per heavy atom. The lowest BCUT2D eigenvalue weighted by Crippen LogP contribution is -1.93. The molecule has 10 aromatic rings. The Kier molecular flexibility index (Phi) is 7.63. The highest BCUT2D eigenvalue weighted by Crippen LogP contribution is 2.50. The van der Waals surface area contributed by atoms with Crippen LogP contribution in [0.4, 0.5) is 0 Å². The van der Waals surface area contributed by atoms with Crippen molar-refractivity contribution < 1.29 is 0 Å². The molecule has 0 aliphatic carbocycles. The Labute approximate surface area is 310 Å². The molecule has 0 bridgehead atoms. The molecule has 5 heteroatoms. The second kappa shape index (κ2) is 13.1. The van der Waals surface area contributed by atoms with Crippen LogP contribution in [0, 0.1) is 0 Å². The summed E-state index contributed by atoms with van der Waals surface area (Å²) in [5.74, 6) is 0. The molecular formula is C48H30N4S. The van der Waals surface area contributed by atoms with Crippen LogP contribution < -0.4 is 0 Å². The van der Waals surface area contributed by atoms with E-state index in [1.807, 2.05) is 47.7 Å².